The van der Waals surface area contributed by atoms with Crippen molar-refractivity contribution in [1.29, 1.82) is 0 Å². The second-order valence-corrected chi connectivity index (χ2v) is 7.85. The Labute approximate surface area is 159 Å². The van der Waals surface area contributed by atoms with Crippen LogP contribution in [0.3, 0.4) is 0 Å². The number of anilines is 1. The van der Waals surface area contributed by atoms with Crippen LogP contribution in [0.5, 0.6) is 0 Å². The highest BCUT2D eigenvalue weighted by Gasteiger charge is 2.20. The average molecular weight is 380 g/mol. The molecule has 2 N–H and O–H groups in total. The predicted molar refractivity (Wildman–Crippen MR) is 105 cm³/mol. The molecule has 0 spiro atoms. The van der Waals surface area contributed by atoms with Crippen molar-refractivity contribution in [2.45, 2.75) is 16.3 Å². The molecular formula is C21H20N2O3S. The molecule has 0 aromatic heterocycles. The lowest BCUT2D eigenvalue weighted by molar-refractivity contribution is -0.119. The molecule has 0 unspecified atom stereocenters. The number of carbonyl (C=O) groups excluding carboxylic acids is 1. The van der Waals surface area contributed by atoms with Gasteiger partial charge < -0.3 is 10.6 Å². The van der Waals surface area contributed by atoms with E-state index in [4.69, 9.17) is 0 Å². The fourth-order valence-electron chi connectivity index (χ4n) is 2.61. The van der Waals surface area contributed by atoms with Crippen LogP contribution in [0.25, 0.3) is 0 Å². The summed E-state index contributed by atoms with van der Waals surface area (Å²) in [4.78, 5) is 12.5. The van der Waals surface area contributed by atoms with E-state index in [0.29, 0.717) is 12.2 Å². The molecule has 0 heterocycles. The Kier molecular flexibility index (Phi) is 5.88. The van der Waals surface area contributed by atoms with Crippen molar-refractivity contribution in [2.75, 3.05) is 11.9 Å². The molecule has 27 heavy (non-hydrogen) atoms. The number of sulfone groups is 1. The van der Waals surface area contributed by atoms with Crippen LogP contribution < -0.4 is 10.6 Å². The van der Waals surface area contributed by atoms with Gasteiger partial charge in [0.2, 0.25) is 15.7 Å². The first kappa shape index (κ1) is 18.7. The van der Waals surface area contributed by atoms with E-state index in [2.05, 4.69) is 10.6 Å². The van der Waals surface area contributed by atoms with Crippen molar-refractivity contribution in [3.8, 4) is 0 Å². The number of hydrogen-bond donors (Lipinski definition) is 2. The average Bonchev–Trinajstić information content (AvgIpc) is 2.72. The number of benzene rings is 3. The van der Waals surface area contributed by atoms with Gasteiger partial charge in [0.15, 0.2) is 0 Å². The van der Waals surface area contributed by atoms with Crippen molar-refractivity contribution in [3.05, 3.63) is 90.5 Å². The van der Waals surface area contributed by atoms with Crippen molar-refractivity contribution in [2.24, 2.45) is 0 Å². The Bertz CT molecular complexity index is 1000. The molecule has 3 rings (SSSR count). The zero-order valence-electron chi connectivity index (χ0n) is 14.6. The van der Waals surface area contributed by atoms with E-state index in [1.807, 2.05) is 30.3 Å². The Hall–Kier alpha value is -3.12. The fraction of sp³-hybridized carbons (Fsp3) is 0.0952. The van der Waals surface area contributed by atoms with Crippen LogP contribution in [0, 0.1) is 0 Å². The molecule has 0 aliphatic carbocycles. The standard InChI is InChI=1S/C21H20N2O3S/c24-21(23-15-17-9-3-1-4-10-17)16-22-19-13-7-8-14-20(19)27(25,26)18-11-5-2-6-12-18/h1-14,22H,15-16H2,(H,23,24). The highest BCUT2D eigenvalue weighted by molar-refractivity contribution is 7.91. The second kappa shape index (κ2) is 8.51. The predicted octanol–water partition coefficient (Wildman–Crippen LogP) is 3.25. The third-order valence-corrected chi connectivity index (χ3v) is 5.83. The molecule has 0 saturated carbocycles. The lowest BCUT2D eigenvalue weighted by Crippen LogP contribution is -2.29. The lowest BCUT2D eigenvalue weighted by Gasteiger charge is -2.13. The number of hydrogen-bond acceptors (Lipinski definition) is 4. The lowest BCUT2D eigenvalue weighted by atomic mass is 10.2. The molecule has 0 aliphatic rings. The van der Waals surface area contributed by atoms with Crippen LogP contribution in [0.4, 0.5) is 5.69 Å². The summed E-state index contributed by atoms with van der Waals surface area (Å²) in [6, 6.07) is 24.4. The molecule has 0 bridgehead atoms. The van der Waals surface area contributed by atoms with E-state index in [1.54, 1.807) is 48.5 Å². The molecule has 138 valence electrons. The van der Waals surface area contributed by atoms with Gasteiger partial charge >= 0.3 is 0 Å². The molecule has 0 radical (unpaired) electrons. The molecule has 6 heteroatoms. The fourth-order valence-corrected chi connectivity index (χ4v) is 4.06. The van der Waals surface area contributed by atoms with Crippen LogP contribution in [-0.2, 0) is 21.2 Å². The molecule has 0 aliphatic heterocycles. The van der Waals surface area contributed by atoms with Gasteiger partial charge in [-0.2, -0.15) is 0 Å². The van der Waals surface area contributed by atoms with Crippen LogP contribution in [0.1, 0.15) is 5.56 Å². The molecule has 0 fully saturated rings. The van der Waals surface area contributed by atoms with Crippen molar-refractivity contribution < 1.29 is 13.2 Å². The van der Waals surface area contributed by atoms with Gasteiger partial charge in [0.05, 0.1) is 22.0 Å². The molecule has 0 atom stereocenters. The number of carbonyl (C=O) groups is 1. The summed E-state index contributed by atoms with van der Waals surface area (Å²) in [7, 11) is -3.67. The normalized spacial score (nSPS) is 11.0. The first-order chi connectivity index (χ1) is 13.1. The zero-order valence-corrected chi connectivity index (χ0v) is 15.4. The topological polar surface area (TPSA) is 75.3 Å². The largest absolute Gasteiger partial charge is 0.375 e. The summed E-state index contributed by atoms with van der Waals surface area (Å²) < 4.78 is 25.7. The van der Waals surface area contributed by atoms with Gasteiger partial charge in [-0.3, -0.25) is 4.79 Å². The van der Waals surface area contributed by atoms with E-state index in [9.17, 15) is 13.2 Å². The maximum atomic E-state index is 12.9. The van der Waals surface area contributed by atoms with Crippen molar-refractivity contribution >= 4 is 21.4 Å². The number of rotatable bonds is 7. The first-order valence-corrected chi connectivity index (χ1v) is 9.99. The molecule has 0 saturated heterocycles. The Morgan fingerprint density at radius 3 is 2.07 bits per heavy atom. The maximum absolute atomic E-state index is 12.9. The quantitative estimate of drug-likeness (QED) is 0.660. The smallest absolute Gasteiger partial charge is 0.239 e. The summed E-state index contributed by atoms with van der Waals surface area (Å²) in [5, 5.41) is 5.74. The molecule has 5 nitrogen and oxygen atoms in total. The highest BCUT2D eigenvalue weighted by Crippen LogP contribution is 2.27. The first-order valence-electron chi connectivity index (χ1n) is 8.51. The maximum Gasteiger partial charge on any atom is 0.239 e. The third kappa shape index (κ3) is 4.74. The van der Waals surface area contributed by atoms with E-state index < -0.39 is 9.84 Å². The molecule has 3 aromatic carbocycles. The Morgan fingerprint density at radius 1 is 0.778 bits per heavy atom. The molecule has 1 amide bonds. The third-order valence-electron chi connectivity index (χ3n) is 4.00. The van der Waals surface area contributed by atoms with Crippen molar-refractivity contribution in [1.82, 2.24) is 5.32 Å². The van der Waals surface area contributed by atoms with Crippen LogP contribution in [0.15, 0.2) is 94.7 Å². The van der Waals surface area contributed by atoms with Gasteiger partial charge in [0, 0.05) is 6.54 Å². The van der Waals surface area contributed by atoms with Gasteiger partial charge in [0.25, 0.3) is 0 Å². The molecule has 3 aromatic rings. The monoisotopic (exact) mass is 380 g/mol. The van der Waals surface area contributed by atoms with E-state index in [0.717, 1.165) is 5.56 Å². The number of para-hydroxylation sites is 1. The van der Waals surface area contributed by atoms with E-state index in [1.165, 1.54) is 6.07 Å². The van der Waals surface area contributed by atoms with Crippen LogP contribution in [0.2, 0.25) is 0 Å². The van der Waals surface area contributed by atoms with Crippen molar-refractivity contribution in [3.63, 3.8) is 0 Å². The summed E-state index contributed by atoms with van der Waals surface area (Å²) in [5.74, 6) is -0.217. The van der Waals surface area contributed by atoms with E-state index >= 15 is 0 Å². The minimum Gasteiger partial charge on any atom is -0.375 e. The Morgan fingerprint density at radius 2 is 1.37 bits per heavy atom. The minimum atomic E-state index is -3.67. The van der Waals surface area contributed by atoms with Gasteiger partial charge in [-0.15, -0.1) is 0 Å². The van der Waals surface area contributed by atoms with Crippen LogP contribution in [-0.4, -0.2) is 20.9 Å². The Balaban J connectivity index is 1.69. The second-order valence-electron chi connectivity index (χ2n) is 5.93. The molecular weight excluding hydrogens is 360 g/mol. The highest BCUT2D eigenvalue weighted by atomic mass is 32.2. The number of nitrogens with one attached hydrogen (secondary N) is 2. The zero-order chi connectivity index (χ0) is 19.1. The van der Waals surface area contributed by atoms with Gasteiger partial charge in [-0.25, -0.2) is 8.42 Å². The number of amides is 1. The summed E-state index contributed by atoms with van der Waals surface area (Å²) in [6.45, 7) is 0.402. The van der Waals surface area contributed by atoms with Gasteiger partial charge in [0.1, 0.15) is 0 Å². The summed E-state index contributed by atoms with van der Waals surface area (Å²) in [5.41, 5.74) is 1.40. The minimum absolute atomic E-state index is 0.0197. The van der Waals surface area contributed by atoms with Gasteiger partial charge in [-0.1, -0.05) is 60.7 Å². The summed E-state index contributed by atoms with van der Waals surface area (Å²) in [6.07, 6.45) is 0. The van der Waals surface area contributed by atoms with E-state index in [-0.39, 0.29) is 22.2 Å². The van der Waals surface area contributed by atoms with Gasteiger partial charge in [-0.05, 0) is 29.8 Å². The van der Waals surface area contributed by atoms with Crippen LogP contribution >= 0.6 is 0 Å². The SMILES string of the molecule is O=C(CNc1ccccc1S(=O)(=O)c1ccccc1)NCc1ccccc1. The summed E-state index contributed by atoms with van der Waals surface area (Å²) >= 11 is 0.